The van der Waals surface area contributed by atoms with Crippen molar-refractivity contribution in [1.82, 2.24) is 4.98 Å². The molecule has 0 aliphatic heterocycles. The molecule has 0 spiro atoms. The number of hydrogen-bond donors (Lipinski definition) is 1. The molecule has 0 saturated heterocycles. The summed E-state index contributed by atoms with van der Waals surface area (Å²) in [7, 11) is 0. The largest absolute Gasteiger partial charge is 0.481 e. The summed E-state index contributed by atoms with van der Waals surface area (Å²) in [4.78, 5) is 14.2. The van der Waals surface area contributed by atoms with Crippen molar-refractivity contribution >= 4 is 17.6 Å². The van der Waals surface area contributed by atoms with E-state index in [9.17, 15) is 4.79 Å². The molecule has 0 unspecified atom stereocenters. The summed E-state index contributed by atoms with van der Waals surface area (Å²) in [5.41, 5.74) is 1.34. The molecule has 12 heavy (non-hydrogen) atoms. The fourth-order valence-corrected chi connectivity index (χ4v) is 0.966. The van der Waals surface area contributed by atoms with Crippen LogP contribution in [0.1, 0.15) is 11.3 Å². The van der Waals surface area contributed by atoms with Crippen LogP contribution in [-0.4, -0.2) is 16.1 Å². The first kappa shape index (κ1) is 9.00. The molecule has 3 nitrogen and oxygen atoms in total. The van der Waals surface area contributed by atoms with Crippen molar-refractivity contribution in [2.75, 3.05) is 0 Å². The van der Waals surface area contributed by atoms with E-state index >= 15 is 0 Å². The first-order valence-electron chi connectivity index (χ1n) is 3.43. The number of aliphatic carboxylic acids is 1. The smallest absolute Gasteiger partial charge is 0.309 e. The fourth-order valence-electron chi connectivity index (χ4n) is 0.795. The normalized spacial score (nSPS) is 9.83. The summed E-state index contributed by atoms with van der Waals surface area (Å²) in [6, 6.07) is 3.42. The van der Waals surface area contributed by atoms with E-state index in [1.807, 2.05) is 6.92 Å². The van der Waals surface area contributed by atoms with Crippen LogP contribution >= 0.6 is 11.6 Å². The predicted molar refractivity (Wildman–Crippen MR) is 45.3 cm³/mol. The Kier molecular flexibility index (Phi) is 2.65. The summed E-state index contributed by atoms with van der Waals surface area (Å²) >= 11 is 5.69. The van der Waals surface area contributed by atoms with Crippen LogP contribution in [0.4, 0.5) is 0 Å². The summed E-state index contributed by atoms with van der Waals surface area (Å²) in [5.74, 6) is -0.901. The van der Waals surface area contributed by atoms with E-state index in [4.69, 9.17) is 16.7 Å². The SMILES string of the molecule is Cc1ccc(CC(=O)O)nc1Cl. The average molecular weight is 186 g/mol. The molecule has 1 rings (SSSR count). The Labute approximate surface area is 75.0 Å². The maximum Gasteiger partial charge on any atom is 0.309 e. The molecule has 1 N–H and O–H groups in total. The van der Waals surface area contributed by atoms with Gasteiger partial charge in [0.2, 0.25) is 0 Å². The van der Waals surface area contributed by atoms with Gasteiger partial charge in [0.1, 0.15) is 5.15 Å². The zero-order valence-corrected chi connectivity index (χ0v) is 7.30. The average Bonchev–Trinajstić information content (AvgIpc) is 1.96. The lowest BCUT2D eigenvalue weighted by molar-refractivity contribution is -0.136. The molecule has 0 bridgehead atoms. The molecule has 0 amide bonds. The second-order valence-electron chi connectivity index (χ2n) is 2.48. The molecular formula is C8H8ClNO2. The molecule has 0 radical (unpaired) electrons. The standard InChI is InChI=1S/C8H8ClNO2/c1-5-2-3-6(4-7(11)12)10-8(5)9/h2-3H,4H2,1H3,(H,11,12). The third-order valence-electron chi connectivity index (χ3n) is 1.43. The Bertz CT molecular complexity index is 312. The van der Waals surface area contributed by atoms with Gasteiger partial charge in [0.05, 0.1) is 12.1 Å². The van der Waals surface area contributed by atoms with Crippen LogP contribution in [-0.2, 0) is 11.2 Å². The van der Waals surface area contributed by atoms with Gasteiger partial charge >= 0.3 is 5.97 Å². The molecule has 0 saturated carbocycles. The number of nitrogens with zero attached hydrogens (tertiary/aromatic N) is 1. The lowest BCUT2D eigenvalue weighted by Gasteiger charge is -1.99. The molecule has 0 aliphatic rings. The fraction of sp³-hybridized carbons (Fsp3) is 0.250. The Balaban J connectivity index is 2.89. The van der Waals surface area contributed by atoms with Gasteiger partial charge in [-0.3, -0.25) is 4.79 Å². The zero-order chi connectivity index (χ0) is 9.14. The highest BCUT2D eigenvalue weighted by atomic mass is 35.5. The number of halogens is 1. The van der Waals surface area contributed by atoms with Gasteiger partial charge in [0.25, 0.3) is 0 Å². The van der Waals surface area contributed by atoms with E-state index in [1.165, 1.54) is 0 Å². The molecule has 1 aromatic rings. The topological polar surface area (TPSA) is 50.2 Å². The Morgan fingerprint density at radius 2 is 2.33 bits per heavy atom. The number of rotatable bonds is 2. The number of carbonyl (C=O) groups is 1. The monoisotopic (exact) mass is 185 g/mol. The third-order valence-corrected chi connectivity index (χ3v) is 1.81. The van der Waals surface area contributed by atoms with Crippen molar-refractivity contribution in [1.29, 1.82) is 0 Å². The van der Waals surface area contributed by atoms with Crippen LogP contribution in [0.3, 0.4) is 0 Å². The van der Waals surface area contributed by atoms with Crippen LogP contribution in [0.15, 0.2) is 12.1 Å². The highest BCUT2D eigenvalue weighted by molar-refractivity contribution is 6.30. The number of aryl methyl sites for hydroxylation is 1. The summed E-state index contributed by atoms with van der Waals surface area (Å²) in [6.07, 6.45) is -0.0833. The maximum absolute atomic E-state index is 10.3. The highest BCUT2D eigenvalue weighted by Gasteiger charge is 2.03. The molecule has 1 aromatic heterocycles. The van der Waals surface area contributed by atoms with Crippen molar-refractivity contribution in [2.45, 2.75) is 13.3 Å². The third kappa shape index (κ3) is 2.20. The van der Waals surface area contributed by atoms with Crippen LogP contribution in [0.5, 0.6) is 0 Å². The Morgan fingerprint density at radius 3 is 2.83 bits per heavy atom. The van der Waals surface area contributed by atoms with Crippen LogP contribution in [0, 0.1) is 6.92 Å². The summed E-state index contributed by atoms with van der Waals surface area (Å²) < 4.78 is 0. The number of hydrogen-bond acceptors (Lipinski definition) is 2. The van der Waals surface area contributed by atoms with Crippen molar-refractivity contribution in [2.24, 2.45) is 0 Å². The minimum absolute atomic E-state index is 0.0833. The maximum atomic E-state index is 10.3. The Hall–Kier alpha value is -1.09. The molecule has 0 aliphatic carbocycles. The lowest BCUT2D eigenvalue weighted by Crippen LogP contribution is -2.02. The molecule has 0 atom stereocenters. The number of pyridine rings is 1. The van der Waals surface area contributed by atoms with Crippen LogP contribution in [0.2, 0.25) is 5.15 Å². The molecular weight excluding hydrogens is 178 g/mol. The highest BCUT2D eigenvalue weighted by Crippen LogP contribution is 2.12. The van der Waals surface area contributed by atoms with Gasteiger partial charge < -0.3 is 5.11 Å². The summed E-state index contributed by atoms with van der Waals surface area (Å²) in [6.45, 7) is 1.82. The number of carboxylic acid groups (broad SMARTS) is 1. The van der Waals surface area contributed by atoms with Gasteiger partial charge in [-0.05, 0) is 18.6 Å². The van der Waals surface area contributed by atoms with Crippen LogP contribution < -0.4 is 0 Å². The minimum Gasteiger partial charge on any atom is -0.481 e. The van der Waals surface area contributed by atoms with E-state index in [2.05, 4.69) is 4.98 Å². The summed E-state index contributed by atoms with van der Waals surface area (Å²) in [5, 5.41) is 8.81. The van der Waals surface area contributed by atoms with Crippen molar-refractivity contribution in [3.63, 3.8) is 0 Å². The predicted octanol–water partition coefficient (Wildman–Crippen LogP) is 1.67. The Morgan fingerprint density at radius 1 is 1.67 bits per heavy atom. The molecule has 4 heteroatoms. The van der Waals surface area contributed by atoms with Gasteiger partial charge in [-0.2, -0.15) is 0 Å². The van der Waals surface area contributed by atoms with E-state index in [1.54, 1.807) is 12.1 Å². The van der Waals surface area contributed by atoms with Crippen molar-refractivity contribution < 1.29 is 9.90 Å². The van der Waals surface area contributed by atoms with Gasteiger partial charge in [-0.15, -0.1) is 0 Å². The van der Waals surface area contributed by atoms with Gasteiger partial charge in [-0.1, -0.05) is 17.7 Å². The first-order chi connectivity index (χ1) is 5.59. The second kappa shape index (κ2) is 3.54. The molecule has 1 heterocycles. The van der Waals surface area contributed by atoms with Gasteiger partial charge in [-0.25, -0.2) is 4.98 Å². The van der Waals surface area contributed by atoms with Crippen molar-refractivity contribution in [3.05, 3.63) is 28.5 Å². The van der Waals surface area contributed by atoms with Crippen LogP contribution in [0.25, 0.3) is 0 Å². The molecule has 0 fully saturated rings. The second-order valence-corrected chi connectivity index (χ2v) is 2.84. The quantitative estimate of drug-likeness (QED) is 0.714. The number of carboxylic acids is 1. The lowest BCUT2D eigenvalue weighted by atomic mass is 10.2. The zero-order valence-electron chi connectivity index (χ0n) is 6.54. The minimum atomic E-state index is -0.901. The molecule has 64 valence electrons. The molecule has 0 aromatic carbocycles. The first-order valence-corrected chi connectivity index (χ1v) is 3.81. The van der Waals surface area contributed by atoms with E-state index in [0.29, 0.717) is 10.8 Å². The van der Waals surface area contributed by atoms with Crippen molar-refractivity contribution in [3.8, 4) is 0 Å². The van der Waals surface area contributed by atoms with Gasteiger partial charge in [0.15, 0.2) is 0 Å². The van der Waals surface area contributed by atoms with E-state index in [0.717, 1.165) is 5.56 Å². The van der Waals surface area contributed by atoms with Gasteiger partial charge in [0, 0.05) is 0 Å². The number of aromatic nitrogens is 1. The van der Waals surface area contributed by atoms with E-state index < -0.39 is 5.97 Å². The van der Waals surface area contributed by atoms with E-state index in [-0.39, 0.29) is 6.42 Å².